The molecule has 0 N–H and O–H groups in total. The summed E-state index contributed by atoms with van der Waals surface area (Å²) in [7, 11) is 0. The third-order valence-electron chi connectivity index (χ3n) is 5.89. The van der Waals surface area contributed by atoms with Crippen molar-refractivity contribution < 1.29 is 4.39 Å². The number of halogens is 1. The van der Waals surface area contributed by atoms with Crippen molar-refractivity contribution in [3.63, 3.8) is 0 Å². The quantitative estimate of drug-likeness (QED) is 0.736. The van der Waals surface area contributed by atoms with E-state index in [1.54, 1.807) is 18.2 Å². The normalized spacial score (nSPS) is 26.9. The molecule has 4 nitrogen and oxygen atoms in total. The van der Waals surface area contributed by atoms with Crippen molar-refractivity contribution in [1.82, 2.24) is 4.98 Å². The molecule has 2 atom stereocenters. The molecule has 0 radical (unpaired) electrons. The third kappa shape index (κ3) is 1.68. The van der Waals surface area contributed by atoms with Crippen molar-refractivity contribution >= 4 is 16.3 Å². The summed E-state index contributed by atoms with van der Waals surface area (Å²) in [4.78, 5) is 4.90. The zero-order valence-corrected chi connectivity index (χ0v) is 14.3. The standard InChI is InChI=1S/C22H13FN4/c23-17-7-3-4-8-22(17,11-24)21-14-6-2-1-5-13(14)18-15(25-21)9-12-10-16-19(18)20(12)27-26-16/h1-8,17H,9-10H2. The van der Waals surface area contributed by atoms with Crippen LogP contribution >= 0.6 is 0 Å². The smallest absolute Gasteiger partial charge is 0.153 e. The lowest BCUT2D eigenvalue weighted by Crippen LogP contribution is -2.35. The highest BCUT2D eigenvalue weighted by atomic mass is 19.1. The number of fused-ring (bicyclic) bond motifs is 3. The maximum Gasteiger partial charge on any atom is 0.153 e. The summed E-state index contributed by atoms with van der Waals surface area (Å²) in [5.74, 6) is 0. The van der Waals surface area contributed by atoms with Gasteiger partial charge in [-0.2, -0.15) is 15.5 Å². The topological polar surface area (TPSA) is 61.4 Å². The van der Waals surface area contributed by atoms with Gasteiger partial charge in [-0.3, -0.25) is 4.98 Å². The number of nitriles is 1. The molecule has 27 heavy (non-hydrogen) atoms. The highest BCUT2D eigenvalue weighted by Crippen LogP contribution is 2.53. The Morgan fingerprint density at radius 2 is 1.96 bits per heavy atom. The molecule has 0 amide bonds. The van der Waals surface area contributed by atoms with Crippen molar-refractivity contribution in [2.45, 2.75) is 24.4 Å². The summed E-state index contributed by atoms with van der Waals surface area (Å²) >= 11 is 0. The van der Waals surface area contributed by atoms with Gasteiger partial charge in [0.15, 0.2) is 5.41 Å². The average molecular weight is 352 g/mol. The molecule has 4 aliphatic rings. The van der Waals surface area contributed by atoms with E-state index in [-0.39, 0.29) is 0 Å². The van der Waals surface area contributed by atoms with Gasteiger partial charge in [-0.25, -0.2) is 4.39 Å². The van der Waals surface area contributed by atoms with Crippen LogP contribution in [-0.4, -0.2) is 11.2 Å². The average Bonchev–Trinajstić information content (AvgIpc) is 3.22. The van der Waals surface area contributed by atoms with E-state index in [1.165, 1.54) is 11.6 Å². The molecular weight excluding hydrogens is 339 g/mol. The lowest BCUT2D eigenvalue weighted by molar-refractivity contribution is 0.319. The minimum absolute atomic E-state index is 0.492. The van der Waals surface area contributed by atoms with Gasteiger partial charge in [0.25, 0.3) is 0 Å². The number of alkyl halides is 1. The van der Waals surface area contributed by atoms with Crippen LogP contribution in [0.3, 0.4) is 0 Å². The molecule has 3 aliphatic carbocycles. The van der Waals surface area contributed by atoms with Crippen LogP contribution in [-0.2, 0) is 11.8 Å². The molecule has 1 aromatic heterocycles. The van der Waals surface area contributed by atoms with Crippen LogP contribution in [0.15, 0.2) is 75.8 Å². The summed E-state index contributed by atoms with van der Waals surface area (Å²) in [6.45, 7) is 0. The van der Waals surface area contributed by atoms with E-state index in [2.05, 4.69) is 16.3 Å². The first-order valence-corrected chi connectivity index (χ1v) is 8.94. The lowest BCUT2D eigenvalue weighted by atomic mass is 9.75. The van der Waals surface area contributed by atoms with Gasteiger partial charge in [0, 0.05) is 29.4 Å². The molecule has 2 unspecified atom stereocenters. The maximum atomic E-state index is 15.0. The number of benzene rings is 1. The van der Waals surface area contributed by atoms with E-state index in [1.807, 2.05) is 24.3 Å². The van der Waals surface area contributed by atoms with Crippen LogP contribution in [0.5, 0.6) is 0 Å². The molecule has 2 heterocycles. The van der Waals surface area contributed by atoms with Gasteiger partial charge in [0.05, 0.1) is 28.9 Å². The number of azo groups is 1. The second-order valence-corrected chi connectivity index (χ2v) is 7.28. The van der Waals surface area contributed by atoms with Crippen LogP contribution < -0.4 is 0 Å². The Hall–Kier alpha value is -3.39. The summed E-state index contributed by atoms with van der Waals surface area (Å²) < 4.78 is 15.0. The van der Waals surface area contributed by atoms with E-state index in [9.17, 15) is 9.65 Å². The molecule has 0 saturated heterocycles. The fourth-order valence-corrected chi connectivity index (χ4v) is 4.63. The van der Waals surface area contributed by atoms with E-state index < -0.39 is 11.6 Å². The molecule has 4 bridgehead atoms. The zero-order chi connectivity index (χ0) is 18.2. The number of hydrogen-bond donors (Lipinski definition) is 0. The molecule has 0 spiro atoms. The Kier molecular flexibility index (Phi) is 2.65. The number of nitrogens with zero attached hydrogens (tertiary/aromatic N) is 4. The Morgan fingerprint density at radius 1 is 1.11 bits per heavy atom. The predicted molar refractivity (Wildman–Crippen MR) is 99.3 cm³/mol. The van der Waals surface area contributed by atoms with Crippen LogP contribution in [0.25, 0.3) is 16.3 Å². The van der Waals surface area contributed by atoms with Gasteiger partial charge in [0.1, 0.15) is 6.17 Å². The fraction of sp³-hybridized carbons (Fsp3) is 0.182. The highest BCUT2D eigenvalue weighted by molar-refractivity contribution is 6.03. The minimum Gasteiger partial charge on any atom is -0.254 e. The summed E-state index contributed by atoms with van der Waals surface area (Å²) in [6, 6.07) is 10.0. The predicted octanol–water partition coefficient (Wildman–Crippen LogP) is 4.85. The Bertz CT molecular complexity index is 1260. The molecular formula is C22H13FN4. The Labute approximate surface area is 154 Å². The maximum absolute atomic E-state index is 15.0. The molecule has 0 fully saturated rings. The number of allylic oxidation sites excluding steroid dienone is 6. The minimum atomic E-state index is -1.44. The molecule has 5 heteroatoms. The first-order valence-electron chi connectivity index (χ1n) is 8.94. The van der Waals surface area contributed by atoms with Crippen molar-refractivity contribution in [1.29, 1.82) is 5.26 Å². The van der Waals surface area contributed by atoms with Crippen LogP contribution in [0.1, 0.15) is 23.4 Å². The zero-order valence-electron chi connectivity index (χ0n) is 14.3. The second-order valence-electron chi connectivity index (χ2n) is 7.28. The summed E-state index contributed by atoms with van der Waals surface area (Å²) in [5, 5.41) is 20.4. The SMILES string of the molecule is N#CC1(c2nc3c(c4ccccc24)C2=C4CC(=C2N=N4)C3)C=CC=CC1F. The van der Waals surface area contributed by atoms with Crippen molar-refractivity contribution in [3.8, 4) is 6.07 Å². The van der Waals surface area contributed by atoms with Gasteiger partial charge in [-0.15, -0.1) is 0 Å². The number of aromatic nitrogens is 1. The van der Waals surface area contributed by atoms with Gasteiger partial charge in [-0.05, 0) is 17.0 Å². The van der Waals surface area contributed by atoms with Crippen molar-refractivity contribution in [2.75, 3.05) is 0 Å². The molecule has 6 rings (SSSR count). The first-order chi connectivity index (χ1) is 13.2. The van der Waals surface area contributed by atoms with Crippen LogP contribution in [0.4, 0.5) is 4.39 Å². The molecule has 1 aromatic carbocycles. The van der Waals surface area contributed by atoms with Gasteiger partial charge >= 0.3 is 0 Å². The van der Waals surface area contributed by atoms with Crippen LogP contribution in [0, 0.1) is 11.3 Å². The summed E-state index contributed by atoms with van der Waals surface area (Å²) in [5.41, 5.74) is 5.29. The van der Waals surface area contributed by atoms with E-state index >= 15 is 0 Å². The molecule has 1 aliphatic heterocycles. The molecule has 128 valence electrons. The first kappa shape index (κ1) is 14.7. The van der Waals surface area contributed by atoms with Crippen molar-refractivity contribution in [3.05, 3.63) is 82.5 Å². The third-order valence-corrected chi connectivity index (χ3v) is 5.89. The molecule has 0 saturated carbocycles. The Morgan fingerprint density at radius 3 is 2.78 bits per heavy atom. The van der Waals surface area contributed by atoms with Crippen LogP contribution in [0.2, 0.25) is 0 Å². The highest BCUT2D eigenvalue weighted by Gasteiger charge is 2.44. The molecule has 2 aromatic rings. The van der Waals surface area contributed by atoms with E-state index in [4.69, 9.17) is 4.98 Å². The number of rotatable bonds is 1. The monoisotopic (exact) mass is 352 g/mol. The van der Waals surface area contributed by atoms with E-state index in [0.29, 0.717) is 12.1 Å². The summed E-state index contributed by atoms with van der Waals surface area (Å²) in [6.07, 6.45) is 6.47. The van der Waals surface area contributed by atoms with Gasteiger partial charge in [-0.1, -0.05) is 42.5 Å². The van der Waals surface area contributed by atoms with Crippen molar-refractivity contribution in [2.24, 2.45) is 10.2 Å². The largest absolute Gasteiger partial charge is 0.254 e. The Balaban J connectivity index is 1.71. The number of pyridine rings is 1. The van der Waals surface area contributed by atoms with Gasteiger partial charge in [0.2, 0.25) is 0 Å². The second kappa shape index (κ2) is 4.86. The fourth-order valence-electron chi connectivity index (χ4n) is 4.63. The van der Waals surface area contributed by atoms with Gasteiger partial charge < -0.3 is 0 Å². The lowest BCUT2D eigenvalue weighted by Gasteiger charge is -2.30. The number of hydrogen-bond acceptors (Lipinski definition) is 4. The van der Waals surface area contributed by atoms with E-state index in [0.717, 1.165) is 45.4 Å².